The second-order valence-electron chi connectivity index (χ2n) is 4.03. The molecule has 20 heavy (non-hydrogen) atoms. The zero-order chi connectivity index (χ0) is 14.4. The van der Waals surface area contributed by atoms with E-state index in [4.69, 9.17) is 15.4 Å². The van der Waals surface area contributed by atoms with Crippen LogP contribution < -0.4 is 35.3 Å². The molecule has 0 aromatic rings. The molecule has 0 spiro atoms. The monoisotopic (exact) mass is 317 g/mol. The molecule has 0 saturated carbocycles. The molecule has 1 fully saturated rings. The molecule has 10 nitrogen and oxygen atoms in total. The minimum atomic E-state index is -4.87. The number of fused-ring (bicyclic) bond motifs is 2. The molecule has 0 aromatic heterocycles. The van der Waals surface area contributed by atoms with E-state index in [9.17, 15) is 18.0 Å². The molecule has 2 aliphatic heterocycles. The van der Waals surface area contributed by atoms with Gasteiger partial charge < -0.3 is 15.7 Å². The Bertz CT molecular complexity index is 568. The van der Waals surface area contributed by atoms with Crippen molar-refractivity contribution in [2.45, 2.75) is 12.1 Å². The molecule has 0 radical (unpaired) electrons. The van der Waals surface area contributed by atoms with Crippen LogP contribution in [0.3, 0.4) is 0 Å². The van der Waals surface area contributed by atoms with Crippen LogP contribution in [0.1, 0.15) is 1.43 Å². The van der Waals surface area contributed by atoms with Crippen LogP contribution in [0.4, 0.5) is 4.79 Å². The molecule has 0 aliphatic carbocycles. The summed E-state index contributed by atoms with van der Waals surface area (Å²) in [7, 11) is -4.87. The van der Waals surface area contributed by atoms with Crippen LogP contribution in [0.5, 0.6) is 0 Å². The van der Waals surface area contributed by atoms with Crippen molar-refractivity contribution >= 4 is 22.3 Å². The van der Waals surface area contributed by atoms with Crippen molar-refractivity contribution in [2.24, 2.45) is 5.73 Å². The maximum atomic E-state index is 11.9. The third-order valence-electron chi connectivity index (χ3n) is 2.82. The van der Waals surface area contributed by atoms with Gasteiger partial charge in [0, 0.05) is 0 Å². The van der Waals surface area contributed by atoms with E-state index in [1.165, 1.54) is 6.08 Å². The van der Waals surface area contributed by atoms with Gasteiger partial charge in [0.05, 0.1) is 19.2 Å². The summed E-state index contributed by atoms with van der Waals surface area (Å²) in [4.78, 5) is 24.1. The van der Waals surface area contributed by atoms with Crippen molar-refractivity contribution in [1.29, 1.82) is 0 Å². The summed E-state index contributed by atoms with van der Waals surface area (Å²) in [5, 5.41) is 9.55. The Morgan fingerprint density at radius 3 is 2.65 bits per heavy atom. The van der Waals surface area contributed by atoms with Gasteiger partial charge in [-0.05, 0) is 5.57 Å². The molecule has 2 aliphatic rings. The van der Waals surface area contributed by atoms with Crippen LogP contribution in [-0.2, 0) is 19.5 Å². The molecule has 0 aromatic carbocycles. The second kappa shape index (κ2) is 5.97. The quantitative estimate of drug-likeness (QED) is 0.266. The van der Waals surface area contributed by atoms with Gasteiger partial charge in [-0.3, -0.25) is 9.35 Å². The van der Waals surface area contributed by atoms with Gasteiger partial charge in [-0.1, -0.05) is 6.08 Å². The van der Waals surface area contributed by atoms with Crippen molar-refractivity contribution in [1.82, 2.24) is 9.96 Å². The molecule has 3 amide bonds. The number of aliphatic hydroxyl groups is 1. The van der Waals surface area contributed by atoms with E-state index in [0.29, 0.717) is 5.06 Å². The zero-order valence-electron chi connectivity index (χ0n) is 11.5. The molecule has 4 N–H and O–H groups in total. The van der Waals surface area contributed by atoms with Crippen LogP contribution in [0, 0.1) is 0 Å². The number of rotatable bonds is 4. The van der Waals surface area contributed by atoms with E-state index in [1.807, 2.05) is 0 Å². The predicted octanol–water partition coefficient (Wildman–Crippen LogP) is -5.27. The molecule has 2 atom stereocenters. The standard InChI is InChI=1S/C8H11N3O7S.Na/c9-7(13)6-4(3-12)1-5-2-10(6)8(14)11(5)18-19(15,16)17;/h1,5-6,12H,2-3H2,(H2,9,13)(H,15,16,17);/q;+1/p+1/t5-,6+;/m1./s1. The van der Waals surface area contributed by atoms with Gasteiger partial charge >= 0.3 is 47.4 Å². The number of hydroxylamine groups is 2. The predicted molar refractivity (Wildman–Crippen MR) is 59.6 cm³/mol. The van der Waals surface area contributed by atoms with Gasteiger partial charge in [0.25, 0.3) is 0 Å². The summed E-state index contributed by atoms with van der Waals surface area (Å²) >= 11 is 0. The molecule has 0 unspecified atom stereocenters. The Labute approximate surface area is 137 Å². The molecule has 2 bridgehead atoms. The van der Waals surface area contributed by atoms with Gasteiger partial charge in [-0.25, -0.2) is 4.79 Å². The first kappa shape index (κ1) is 17.4. The Morgan fingerprint density at radius 2 is 2.20 bits per heavy atom. The molecular formula is C8H12N3NaO7S+2. The van der Waals surface area contributed by atoms with Crippen molar-refractivity contribution < 1.29 is 62.9 Å². The number of aliphatic hydroxyl groups excluding tert-OH is 1. The summed E-state index contributed by atoms with van der Waals surface area (Å²) in [6.45, 7) is -0.556. The summed E-state index contributed by atoms with van der Waals surface area (Å²) in [5.41, 5.74) is 5.31. The zero-order valence-corrected chi connectivity index (χ0v) is 13.3. The SMILES string of the molecule is NC(=O)[C@@H]1C(CO)=C[C@@H]2CN1C(=O)N2OS(=O)(=O)O.[H+].[Na+]. The fourth-order valence-corrected chi connectivity index (χ4v) is 2.54. The van der Waals surface area contributed by atoms with Crippen LogP contribution >= 0.6 is 0 Å². The van der Waals surface area contributed by atoms with Crippen LogP contribution in [0.2, 0.25) is 0 Å². The largest absolute Gasteiger partial charge is 1.00 e. The maximum absolute atomic E-state index is 11.9. The summed E-state index contributed by atoms with van der Waals surface area (Å²) in [6.07, 6.45) is 1.31. The molecule has 1 saturated heterocycles. The fourth-order valence-electron chi connectivity index (χ4n) is 2.16. The topological polar surface area (TPSA) is 150 Å². The van der Waals surface area contributed by atoms with Gasteiger partial charge in [-0.15, -0.1) is 4.28 Å². The minimum absolute atomic E-state index is 0. The summed E-state index contributed by atoms with van der Waals surface area (Å²) < 4.78 is 34.0. The first-order valence-electron chi connectivity index (χ1n) is 5.12. The molecule has 106 valence electrons. The Balaban J connectivity index is 0.00000200. The Morgan fingerprint density at radius 1 is 1.60 bits per heavy atom. The van der Waals surface area contributed by atoms with E-state index in [0.717, 1.165) is 4.90 Å². The average Bonchev–Trinajstić information content (AvgIpc) is 2.52. The molecular weight excluding hydrogens is 305 g/mol. The molecule has 2 heterocycles. The van der Waals surface area contributed by atoms with E-state index in [-0.39, 0.29) is 43.1 Å². The average molecular weight is 317 g/mol. The third kappa shape index (κ3) is 3.14. The second-order valence-corrected chi connectivity index (χ2v) is 5.04. The summed E-state index contributed by atoms with van der Waals surface area (Å²) in [6, 6.07) is -2.94. The Hall–Kier alpha value is -0.690. The van der Waals surface area contributed by atoms with Crippen LogP contribution in [-0.4, -0.2) is 65.2 Å². The first-order valence-corrected chi connectivity index (χ1v) is 6.48. The normalized spacial score (nSPS) is 25.3. The minimum Gasteiger partial charge on any atom is -0.392 e. The number of urea groups is 1. The van der Waals surface area contributed by atoms with E-state index >= 15 is 0 Å². The number of nitrogens with two attached hydrogens (primary N) is 1. The van der Waals surface area contributed by atoms with Gasteiger partial charge in [0.1, 0.15) is 6.04 Å². The number of amides is 3. The van der Waals surface area contributed by atoms with Crippen LogP contribution in [0.15, 0.2) is 11.6 Å². The fraction of sp³-hybridized carbons (Fsp3) is 0.500. The van der Waals surface area contributed by atoms with Crippen LogP contribution in [0.25, 0.3) is 0 Å². The van der Waals surface area contributed by atoms with Gasteiger partial charge in [-0.2, -0.15) is 13.5 Å². The van der Waals surface area contributed by atoms with E-state index in [1.54, 1.807) is 0 Å². The first-order chi connectivity index (χ1) is 8.74. The number of primary amides is 1. The smallest absolute Gasteiger partial charge is 0.392 e. The van der Waals surface area contributed by atoms with Crippen molar-refractivity contribution in [2.75, 3.05) is 13.2 Å². The molecule has 12 heteroatoms. The number of nitrogens with zero attached hydrogens (tertiary/aromatic N) is 2. The van der Waals surface area contributed by atoms with E-state index in [2.05, 4.69) is 4.28 Å². The van der Waals surface area contributed by atoms with Crippen molar-refractivity contribution in [3.8, 4) is 0 Å². The van der Waals surface area contributed by atoms with Gasteiger partial charge in [0.15, 0.2) is 0 Å². The third-order valence-corrected chi connectivity index (χ3v) is 3.16. The summed E-state index contributed by atoms with van der Waals surface area (Å²) in [5.74, 6) is -0.860. The number of hydrogen-bond donors (Lipinski definition) is 3. The number of carbonyl (C=O) groups is 2. The maximum Gasteiger partial charge on any atom is 1.00 e. The van der Waals surface area contributed by atoms with E-state index < -0.39 is 41.0 Å². The molecule has 2 rings (SSSR count). The van der Waals surface area contributed by atoms with Crippen molar-refractivity contribution in [3.05, 3.63) is 11.6 Å². The Kier molecular flexibility index (Phi) is 5.18. The van der Waals surface area contributed by atoms with Crippen molar-refractivity contribution in [3.63, 3.8) is 0 Å². The number of hydrogen-bond acceptors (Lipinski definition) is 6. The van der Waals surface area contributed by atoms with Gasteiger partial charge in [0.2, 0.25) is 5.91 Å². The number of carbonyl (C=O) groups excluding carboxylic acids is 2.